The van der Waals surface area contributed by atoms with Crippen molar-refractivity contribution >= 4 is 23.4 Å². The molecular weight excluding hydrogens is 264 g/mol. The predicted molar refractivity (Wildman–Crippen MR) is 72.2 cm³/mol. The number of esters is 1. The van der Waals surface area contributed by atoms with Crippen LogP contribution >= 0.6 is 11.8 Å². The van der Waals surface area contributed by atoms with Crippen molar-refractivity contribution in [1.29, 1.82) is 0 Å². The Hall–Kier alpha value is -1.63. The Morgan fingerprint density at radius 3 is 2.84 bits per heavy atom. The maximum absolute atomic E-state index is 11.5. The van der Waals surface area contributed by atoms with E-state index < -0.39 is 0 Å². The van der Waals surface area contributed by atoms with Gasteiger partial charge in [0.1, 0.15) is 5.82 Å². The molecule has 102 valence electrons. The molecule has 7 heteroatoms. The van der Waals surface area contributed by atoms with Crippen molar-refractivity contribution in [2.45, 2.75) is 39.0 Å². The molecule has 2 aromatic heterocycles. The van der Waals surface area contributed by atoms with Gasteiger partial charge in [0.15, 0.2) is 10.8 Å². The van der Waals surface area contributed by atoms with Crippen molar-refractivity contribution in [2.75, 3.05) is 5.75 Å². The SMILES string of the molecule is Cc1cc2nnc(SCC(=O)OC(C)C)n2c(C)n1. The zero-order chi connectivity index (χ0) is 14.0. The minimum Gasteiger partial charge on any atom is -0.462 e. The van der Waals surface area contributed by atoms with Crippen molar-refractivity contribution < 1.29 is 9.53 Å². The Morgan fingerprint density at radius 1 is 1.42 bits per heavy atom. The van der Waals surface area contributed by atoms with Crippen LogP contribution in [0.15, 0.2) is 11.2 Å². The second kappa shape index (κ2) is 5.56. The highest BCUT2D eigenvalue weighted by Crippen LogP contribution is 2.18. The van der Waals surface area contributed by atoms with Crippen LogP contribution in [0.5, 0.6) is 0 Å². The van der Waals surface area contributed by atoms with Crippen LogP contribution in [0.25, 0.3) is 5.65 Å². The van der Waals surface area contributed by atoms with Gasteiger partial charge in [-0.1, -0.05) is 11.8 Å². The molecule has 0 radical (unpaired) electrons. The second-order valence-electron chi connectivity index (χ2n) is 4.45. The van der Waals surface area contributed by atoms with Gasteiger partial charge in [0.05, 0.1) is 11.9 Å². The van der Waals surface area contributed by atoms with Gasteiger partial charge >= 0.3 is 5.97 Å². The van der Waals surface area contributed by atoms with Gasteiger partial charge in [0.25, 0.3) is 0 Å². The quantitative estimate of drug-likeness (QED) is 0.628. The van der Waals surface area contributed by atoms with E-state index in [-0.39, 0.29) is 17.8 Å². The van der Waals surface area contributed by atoms with Crippen LogP contribution in [-0.4, -0.2) is 37.4 Å². The first-order valence-corrected chi connectivity index (χ1v) is 6.97. The fraction of sp³-hybridized carbons (Fsp3) is 0.500. The highest BCUT2D eigenvalue weighted by Gasteiger charge is 2.13. The lowest BCUT2D eigenvalue weighted by Crippen LogP contribution is -2.13. The monoisotopic (exact) mass is 280 g/mol. The Kier molecular flexibility index (Phi) is 4.04. The van der Waals surface area contributed by atoms with Crippen molar-refractivity contribution in [2.24, 2.45) is 0 Å². The molecule has 19 heavy (non-hydrogen) atoms. The van der Waals surface area contributed by atoms with Crippen LogP contribution in [0.1, 0.15) is 25.4 Å². The molecule has 6 nitrogen and oxygen atoms in total. The number of aryl methyl sites for hydroxylation is 2. The Labute approximate surface area is 115 Å². The van der Waals surface area contributed by atoms with Crippen molar-refractivity contribution in [3.8, 4) is 0 Å². The summed E-state index contributed by atoms with van der Waals surface area (Å²) in [5.41, 5.74) is 1.64. The number of carbonyl (C=O) groups excluding carboxylic acids is 1. The van der Waals surface area contributed by atoms with Crippen LogP contribution in [0.4, 0.5) is 0 Å². The number of rotatable bonds is 4. The molecule has 0 aliphatic heterocycles. The maximum Gasteiger partial charge on any atom is 0.316 e. The molecule has 0 aromatic carbocycles. The molecule has 2 heterocycles. The fourth-order valence-corrected chi connectivity index (χ4v) is 2.49. The molecule has 2 aromatic rings. The van der Waals surface area contributed by atoms with Gasteiger partial charge in [-0.25, -0.2) is 4.98 Å². The number of ether oxygens (including phenoxy) is 1. The smallest absolute Gasteiger partial charge is 0.316 e. The molecule has 0 spiro atoms. The number of hydrogen-bond donors (Lipinski definition) is 0. The second-order valence-corrected chi connectivity index (χ2v) is 5.39. The third-order valence-corrected chi connectivity index (χ3v) is 3.25. The summed E-state index contributed by atoms with van der Waals surface area (Å²) in [5.74, 6) is 0.765. The van der Waals surface area contributed by atoms with E-state index in [0.717, 1.165) is 17.2 Å². The summed E-state index contributed by atoms with van der Waals surface area (Å²) in [4.78, 5) is 15.9. The van der Waals surface area contributed by atoms with E-state index in [1.165, 1.54) is 11.8 Å². The predicted octanol–water partition coefficient (Wildman–Crippen LogP) is 1.78. The fourth-order valence-electron chi connectivity index (χ4n) is 1.72. The van der Waals surface area contributed by atoms with Crippen molar-refractivity contribution in [3.63, 3.8) is 0 Å². The van der Waals surface area contributed by atoms with E-state index in [0.29, 0.717) is 5.16 Å². The molecule has 0 amide bonds. The molecule has 0 saturated carbocycles. The van der Waals surface area contributed by atoms with E-state index in [1.54, 1.807) is 0 Å². The number of carbonyl (C=O) groups is 1. The summed E-state index contributed by atoms with van der Waals surface area (Å²) < 4.78 is 6.91. The van der Waals surface area contributed by atoms with Crippen LogP contribution in [-0.2, 0) is 9.53 Å². The average Bonchev–Trinajstić information content (AvgIpc) is 2.68. The van der Waals surface area contributed by atoms with Gasteiger partial charge in [0, 0.05) is 11.8 Å². The van der Waals surface area contributed by atoms with Gasteiger partial charge in [-0.2, -0.15) is 0 Å². The van der Waals surface area contributed by atoms with Gasteiger partial charge in [0.2, 0.25) is 0 Å². The lowest BCUT2D eigenvalue weighted by atomic mass is 10.4. The zero-order valence-corrected chi connectivity index (χ0v) is 12.2. The normalized spacial score (nSPS) is 11.2. The highest BCUT2D eigenvalue weighted by atomic mass is 32.2. The number of hydrogen-bond acceptors (Lipinski definition) is 6. The van der Waals surface area contributed by atoms with Crippen LogP contribution < -0.4 is 0 Å². The molecule has 0 atom stereocenters. The van der Waals surface area contributed by atoms with E-state index in [4.69, 9.17) is 4.74 Å². The maximum atomic E-state index is 11.5. The van der Waals surface area contributed by atoms with E-state index in [2.05, 4.69) is 15.2 Å². The molecule has 0 saturated heterocycles. The summed E-state index contributed by atoms with van der Waals surface area (Å²) in [6, 6.07) is 1.86. The Bertz CT molecular complexity index is 609. The lowest BCUT2D eigenvalue weighted by molar-refractivity contribution is -0.144. The number of nitrogens with zero attached hydrogens (tertiary/aromatic N) is 4. The molecule has 2 rings (SSSR count). The third kappa shape index (κ3) is 3.23. The molecular formula is C12H16N4O2S. The molecule has 0 aliphatic carbocycles. The Balaban J connectivity index is 2.16. The number of aromatic nitrogens is 4. The zero-order valence-electron chi connectivity index (χ0n) is 11.4. The number of thioether (sulfide) groups is 1. The van der Waals surface area contributed by atoms with E-state index in [1.807, 2.05) is 38.2 Å². The molecule has 0 bridgehead atoms. The van der Waals surface area contributed by atoms with Crippen LogP contribution in [0.2, 0.25) is 0 Å². The number of fused-ring (bicyclic) bond motifs is 1. The van der Waals surface area contributed by atoms with Gasteiger partial charge in [-0.15, -0.1) is 10.2 Å². The summed E-state index contributed by atoms with van der Waals surface area (Å²) in [7, 11) is 0. The third-order valence-electron chi connectivity index (χ3n) is 2.34. The largest absolute Gasteiger partial charge is 0.462 e. The first-order chi connectivity index (χ1) is 8.97. The summed E-state index contributed by atoms with van der Waals surface area (Å²) in [6.45, 7) is 7.45. The molecule has 0 aliphatic rings. The highest BCUT2D eigenvalue weighted by molar-refractivity contribution is 7.99. The van der Waals surface area contributed by atoms with E-state index in [9.17, 15) is 4.79 Å². The van der Waals surface area contributed by atoms with Crippen molar-refractivity contribution in [3.05, 3.63) is 17.6 Å². The summed E-state index contributed by atoms with van der Waals surface area (Å²) in [5, 5.41) is 8.81. The van der Waals surface area contributed by atoms with Crippen molar-refractivity contribution in [1.82, 2.24) is 19.6 Å². The van der Waals surface area contributed by atoms with Crippen LogP contribution in [0, 0.1) is 13.8 Å². The summed E-state index contributed by atoms with van der Waals surface area (Å²) >= 11 is 1.30. The summed E-state index contributed by atoms with van der Waals surface area (Å²) in [6.07, 6.45) is -0.103. The lowest BCUT2D eigenvalue weighted by Gasteiger charge is -2.07. The first-order valence-electron chi connectivity index (χ1n) is 5.99. The van der Waals surface area contributed by atoms with Gasteiger partial charge in [-0.05, 0) is 27.7 Å². The standard InChI is InChI=1S/C12H16N4O2S/c1-7(2)18-11(17)6-19-12-15-14-10-5-8(3)13-9(4)16(10)12/h5,7H,6H2,1-4H3. The average molecular weight is 280 g/mol. The topological polar surface area (TPSA) is 69.4 Å². The first kappa shape index (κ1) is 13.8. The molecule has 0 fully saturated rings. The molecule has 0 unspecified atom stereocenters. The van der Waals surface area contributed by atoms with E-state index >= 15 is 0 Å². The minimum absolute atomic E-state index is 0.103. The van der Waals surface area contributed by atoms with Gasteiger partial charge in [-0.3, -0.25) is 9.20 Å². The Morgan fingerprint density at radius 2 is 2.16 bits per heavy atom. The van der Waals surface area contributed by atoms with Gasteiger partial charge < -0.3 is 4.74 Å². The minimum atomic E-state index is -0.255. The molecule has 0 N–H and O–H groups in total. The van der Waals surface area contributed by atoms with Crippen LogP contribution in [0.3, 0.4) is 0 Å².